The summed E-state index contributed by atoms with van der Waals surface area (Å²) in [6.07, 6.45) is 1.66. The molecular formula is C22H21N3O3. The first-order chi connectivity index (χ1) is 13.7. The quantitative estimate of drug-likeness (QED) is 0.706. The molecule has 1 saturated heterocycles. The zero-order valence-corrected chi connectivity index (χ0v) is 15.7. The fraction of sp³-hybridized carbons (Fsp3) is 0.227. The maximum absolute atomic E-state index is 13.0. The summed E-state index contributed by atoms with van der Waals surface area (Å²) in [4.78, 5) is 33.6. The number of amides is 2. The average molecular weight is 375 g/mol. The molecule has 2 heterocycles. The van der Waals surface area contributed by atoms with Crippen molar-refractivity contribution in [2.45, 2.75) is 0 Å². The lowest BCUT2D eigenvalue weighted by atomic mass is 10.1. The van der Waals surface area contributed by atoms with Crippen LogP contribution in [0.25, 0.3) is 10.8 Å². The normalized spacial score (nSPS) is 14.2. The van der Waals surface area contributed by atoms with Crippen molar-refractivity contribution in [3.05, 3.63) is 72.1 Å². The number of fused-ring (bicyclic) bond motifs is 1. The second-order valence-corrected chi connectivity index (χ2v) is 6.70. The third-order valence-electron chi connectivity index (χ3n) is 5.05. The number of piperazine rings is 1. The molecule has 0 aliphatic carbocycles. The van der Waals surface area contributed by atoms with E-state index in [1.165, 1.54) is 0 Å². The smallest absolute Gasteiger partial charge is 0.273 e. The second-order valence-electron chi connectivity index (χ2n) is 6.70. The molecule has 6 heteroatoms. The second kappa shape index (κ2) is 7.68. The van der Waals surface area contributed by atoms with Crippen LogP contribution in [0.1, 0.15) is 20.8 Å². The van der Waals surface area contributed by atoms with Crippen molar-refractivity contribution in [1.29, 1.82) is 0 Å². The Kier molecular flexibility index (Phi) is 4.93. The summed E-state index contributed by atoms with van der Waals surface area (Å²) in [5.74, 6) is 0.515. The van der Waals surface area contributed by atoms with Gasteiger partial charge in [0.2, 0.25) is 0 Å². The van der Waals surface area contributed by atoms with Crippen molar-refractivity contribution in [2.24, 2.45) is 0 Å². The molecule has 0 atom stereocenters. The van der Waals surface area contributed by atoms with Crippen LogP contribution in [0.4, 0.5) is 0 Å². The van der Waals surface area contributed by atoms with E-state index in [0.29, 0.717) is 43.2 Å². The Labute approximate surface area is 163 Å². The van der Waals surface area contributed by atoms with Crippen LogP contribution in [-0.4, -0.2) is 59.9 Å². The van der Waals surface area contributed by atoms with Crippen LogP contribution >= 0.6 is 0 Å². The summed E-state index contributed by atoms with van der Waals surface area (Å²) in [6, 6.07) is 16.8. The Morgan fingerprint density at radius 1 is 0.893 bits per heavy atom. The number of carbonyl (C=O) groups is 2. The number of hydrogen-bond donors (Lipinski definition) is 0. The van der Waals surface area contributed by atoms with Crippen LogP contribution in [0.2, 0.25) is 0 Å². The van der Waals surface area contributed by atoms with E-state index in [4.69, 9.17) is 4.74 Å². The number of pyridine rings is 1. The highest BCUT2D eigenvalue weighted by molar-refractivity contribution is 6.05. The van der Waals surface area contributed by atoms with E-state index < -0.39 is 0 Å². The number of methoxy groups -OCH3 is 1. The van der Waals surface area contributed by atoms with Gasteiger partial charge >= 0.3 is 0 Å². The molecular weight excluding hydrogens is 354 g/mol. The van der Waals surface area contributed by atoms with Crippen LogP contribution in [0, 0.1) is 0 Å². The van der Waals surface area contributed by atoms with Crippen molar-refractivity contribution >= 4 is 22.6 Å². The van der Waals surface area contributed by atoms with E-state index in [0.717, 1.165) is 10.8 Å². The molecule has 142 valence electrons. The topological polar surface area (TPSA) is 62.7 Å². The van der Waals surface area contributed by atoms with Gasteiger partial charge in [0.1, 0.15) is 11.4 Å². The molecule has 28 heavy (non-hydrogen) atoms. The van der Waals surface area contributed by atoms with Gasteiger partial charge < -0.3 is 14.5 Å². The molecule has 6 nitrogen and oxygen atoms in total. The van der Waals surface area contributed by atoms with Gasteiger partial charge in [-0.2, -0.15) is 0 Å². The van der Waals surface area contributed by atoms with Gasteiger partial charge in [-0.3, -0.25) is 14.6 Å². The summed E-state index contributed by atoms with van der Waals surface area (Å²) in [7, 11) is 1.58. The molecule has 1 fully saturated rings. The Morgan fingerprint density at radius 2 is 1.61 bits per heavy atom. The molecule has 3 aromatic rings. The molecule has 0 spiro atoms. The van der Waals surface area contributed by atoms with E-state index in [9.17, 15) is 9.59 Å². The monoisotopic (exact) mass is 375 g/mol. The van der Waals surface area contributed by atoms with Crippen LogP contribution in [0.15, 0.2) is 60.8 Å². The molecule has 4 rings (SSSR count). The van der Waals surface area contributed by atoms with Gasteiger partial charge in [0.05, 0.1) is 7.11 Å². The number of benzene rings is 2. The molecule has 1 aliphatic rings. The molecule has 0 saturated carbocycles. The predicted octanol–water partition coefficient (Wildman–Crippen LogP) is 2.84. The van der Waals surface area contributed by atoms with Gasteiger partial charge in [0.25, 0.3) is 11.8 Å². The Balaban J connectivity index is 1.46. The lowest BCUT2D eigenvalue weighted by molar-refractivity contribution is 0.0533. The zero-order valence-electron chi connectivity index (χ0n) is 15.7. The Hall–Kier alpha value is -3.41. The average Bonchev–Trinajstić information content (AvgIpc) is 2.78. The van der Waals surface area contributed by atoms with Gasteiger partial charge in [0.15, 0.2) is 0 Å². The fourth-order valence-corrected chi connectivity index (χ4v) is 3.49. The largest absolute Gasteiger partial charge is 0.497 e. The van der Waals surface area contributed by atoms with Gasteiger partial charge in [-0.25, -0.2) is 0 Å². The third-order valence-corrected chi connectivity index (χ3v) is 5.05. The Bertz CT molecular complexity index is 1020. The number of hydrogen-bond acceptors (Lipinski definition) is 4. The molecule has 1 aliphatic heterocycles. The minimum Gasteiger partial charge on any atom is -0.497 e. The minimum absolute atomic E-state index is 0.0470. The number of ether oxygens (including phenoxy) is 1. The van der Waals surface area contributed by atoms with Crippen molar-refractivity contribution in [3.63, 3.8) is 0 Å². The van der Waals surface area contributed by atoms with E-state index in [1.807, 2.05) is 36.4 Å². The van der Waals surface area contributed by atoms with E-state index in [2.05, 4.69) is 4.98 Å². The number of rotatable bonds is 3. The number of aromatic nitrogens is 1. The summed E-state index contributed by atoms with van der Waals surface area (Å²) in [5, 5.41) is 1.84. The molecule has 0 unspecified atom stereocenters. The van der Waals surface area contributed by atoms with E-state index >= 15 is 0 Å². The van der Waals surface area contributed by atoms with E-state index in [1.54, 1.807) is 41.3 Å². The Morgan fingerprint density at radius 3 is 2.36 bits per heavy atom. The minimum atomic E-state index is -0.0923. The molecule has 2 aromatic carbocycles. The van der Waals surface area contributed by atoms with E-state index in [-0.39, 0.29) is 11.8 Å². The highest BCUT2D eigenvalue weighted by Crippen LogP contribution is 2.20. The van der Waals surface area contributed by atoms with Crippen molar-refractivity contribution in [2.75, 3.05) is 33.3 Å². The standard InChI is InChI=1S/C22H21N3O3/c1-28-18-7-4-6-17(15-18)21(26)24-11-13-25(14-12-24)22(27)20-19-8-3-2-5-16(19)9-10-23-20/h2-10,15H,11-14H2,1H3. The SMILES string of the molecule is COc1cccc(C(=O)N2CCN(C(=O)c3nccc4ccccc34)CC2)c1. The third kappa shape index (κ3) is 3.41. The van der Waals surface area contributed by atoms with Gasteiger partial charge in [-0.15, -0.1) is 0 Å². The predicted molar refractivity (Wildman–Crippen MR) is 107 cm³/mol. The molecule has 0 radical (unpaired) electrons. The molecule has 1 aromatic heterocycles. The summed E-state index contributed by atoms with van der Waals surface area (Å²) in [6.45, 7) is 1.96. The first-order valence-electron chi connectivity index (χ1n) is 9.24. The zero-order chi connectivity index (χ0) is 19.5. The first-order valence-corrected chi connectivity index (χ1v) is 9.24. The lowest BCUT2D eigenvalue weighted by Gasteiger charge is -2.34. The molecule has 0 N–H and O–H groups in total. The van der Waals surface area contributed by atoms with Gasteiger partial charge in [-0.1, -0.05) is 30.3 Å². The fourth-order valence-electron chi connectivity index (χ4n) is 3.49. The van der Waals surface area contributed by atoms with Gasteiger partial charge in [0, 0.05) is 43.3 Å². The maximum Gasteiger partial charge on any atom is 0.273 e. The summed E-state index contributed by atoms with van der Waals surface area (Å²) >= 11 is 0. The van der Waals surface area contributed by atoms with Gasteiger partial charge in [-0.05, 0) is 29.7 Å². The van der Waals surface area contributed by atoms with Crippen LogP contribution < -0.4 is 4.74 Å². The van der Waals surface area contributed by atoms with Crippen molar-refractivity contribution in [3.8, 4) is 5.75 Å². The van der Waals surface area contributed by atoms with Crippen molar-refractivity contribution < 1.29 is 14.3 Å². The first kappa shape index (κ1) is 18.0. The lowest BCUT2D eigenvalue weighted by Crippen LogP contribution is -2.50. The van der Waals surface area contributed by atoms with Crippen LogP contribution in [0.3, 0.4) is 0 Å². The van der Waals surface area contributed by atoms with Crippen LogP contribution in [0.5, 0.6) is 5.75 Å². The molecule has 0 bridgehead atoms. The number of nitrogens with zero attached hydrogens (tertiary/aromatic N) is 3. The maximum atomic E-state index is 13.0. The molecule has 2 amide bonds. The van der Waals surface area contributed by atoms with Crippen LogP contribution in [-0.2, 0) is 0 Å². The highest BCUT2D eigenvalue weighted by atomic mass is 16.5. The highest BCUT2D eigenvalue weighted by Gasteiger charge is 2.27. The number of carbonyl (C=O) groups excluding carboxylic acids is 2. The van der Waals surface area contributed by atoms with Crippen molar-refractivity contribution in [1.82, 2.24) is 14.8 Å². The summed E-state index contributed by atoms with van der Waals surface area (Å²) < 4.78 is 5.19. The summed E-state index contributed by atoms with van der Waals surface area (Å²) in [5.41, 5.74) is 1.06.